The summed E-state index contributed by atoms with van der Waals surface area (Å²) in [5.74, 6) is 0.707. The van der Waals surface area contributed by atoms with Crippen LogP contribution in [0.4, 0.5) is 0 Å². The summed E-state index contributed by atoms with van der Waals surface area (Å²) in [6.07, 6.45) is 0. The third kappa shape index (κ3) is 2.06. The van der Waals surface area contributed by atoms with Gasteiger partial charge in [-0.2, -0.15) is 0 Å². The number of nitrogens with zero attached hydrogens (tertiary/aromatic N) is 4. The molecule has 0 N–H and O–H groups in total. The SMILES string of the molecule is C[C@H]1C(=O)N(Cc2nc3ccccc3n2C)[C@@H](C)C(=O)N1C. The Morgan fingerprint density at radius 3 is 2.41 bits per heavy atom. The minimum atomic E-state index is -0.464. The first-order valence-corrected chi connectivity index (χ1v) is 7.39. The van der Waals surface area contributed by atoms with E-state index < -0.39 is 12.1 Å². The van der Waals surface area contributed by atoms with Gasteiger partial charge in [0.2, 0.25) is 11.8 Å². The fourth-order valence-electron chi connectivity index (χ4n) is 2.92. The van der Waals surface area contributed by atoms with Gasteiger partial charge in [0.05, 0.1) is 17.6 Å². The van der Waals surface area contributed by atoms with E-state index in [1.807, 2.05) is 35.9 Å². The van der Waals surface area contributed by atoms with Crippen molar-refractivity contribution in [3.63, 3.8) is 0 Å². The molecule has 6 nitrogen and oxygen atoms in total. The molecule has 0 saturated carbocycles. The van der Waals surface area contributed by atoms with E-state index in [1.54, 1.807) is 25.8 Å². The number of rotatable bonds is 2. The van der Waals surface area contributed by atoms with Crippen molar-refractivity contribution in [2.75, 3.05) is 7.05 Å². The van der Waals surface area contributed by atoms with E-state index in [0.717, 1.165) is 16.9 Å². The molecule has 6 heteroatoms. The number of imidazole rings is 1. The van der Waals surface area contributed by atoms with Crippen molar-refractivity contribution in [1.29, 1.82) is 0 Å². The molecule has 22 heavy (non-hydrogen) atoms. The van der Waals surface area contributed by atoms with Gasteiger partial charge < -0.3 is 14.4 Å². The molecule has 3 rings (SSSR count). The number of para-hydroxylation sites is 2. The number of aryl methyl sites for hydroxylation is 1. The molecule has 2 heterocycles. The van der Waals surface area contributed by atoms with Crippen LogP contribution in [-0.4, -0.2) is 50.3 Å². The van der Waals surface area contributed by atoms with Crippen LogP contribution in [0.2, 0.25) is 0 Å². The number of piperazine rings is 1. The molecular weight excluding hydrogens is 280 g/mol. The molecule has 2 amide bonds. The summed E-state index contributed by atoms with van der Waals surface area (Å²) in [6.45, 7) is 3.87. The predicted octanol–water partition coefficient (Wildman–Crippen LogP) is 1.15. The monoisotopic (exact) mass is 300 g/mol. The van der Waals surface area contributed by atoms with Crippen LogP contribution in [0.5, 0.6) is 0 Å². The van der Waals surface area contributed by atoms with Crippen LogP contribution in [0.3, 0.4) is 0 Å². The van der Waals surface area contributed by atoms with E-state index in [1.165, 1.54) is 4.90 Å². The second kappa shape index (κ2) is 5.12. The molecule has 1 fully saturated rings. The van der Waals surface area contributed by atoms with Crippen LogP contribution in [0, 0.1) is 0 Å². The zero-order valence-corrected chi connectivity index (χ0v) is 13.3. The predicted molar refractivity (Wildman–Crippen MR) is 83.0 cm³/mol. The summed E-state index contributed by atoms with van der Waals surface area (Å²) < 4.78 is 1.97. The Morgan fingerprint density at radius 1 is 1.05 bits per heavy atom. The maximum Gasteiger partial charge on any atom is 0.246 e. The molecule has 1 aliphatic heterocycles. The first-order valence-electron chi connectivity index (χ1n) is 7.39. The normalized spacial score (nSPS) is 22.7. The largest absolute Gasteiger partial charge is 0.332 e. The summed E-state index contributed by atoms with van der Waals surface area (Å²) in [4.78, 5) is 32.5. The molecule has 1 aromatic carbocycles. The number of benzene rings is 1. The highest BCUT2D eigenvalue weighted by Crippen LogP contribution is 2.21. The smallest absolute Gasteiger partial charge is 0.246 e. The Balaban J connectivity index is 1.95. The zero-order chi connectivity index (χ0) is 16.0. The second-order valence-corrected chi connectivity index (χ2v) is 5.84. The van der Waals surface area contributed by atoms with Crippen LogP contribution < -0.4 is 0 Å². The van der Waals surface area contributed by atoms with Crippen LogP contribution >= 0.6 is 0 Å². The summed E-state index contributed by atoms with van der Waals surface area (Å²) >= 11 is 0. The number of hydrogen-bond donors (Lipinski definition) is 0. The number of amides is 2. The number of hydrogen-bond acceptors (Lipinski definition) is 3. The van der Waals surface area contributed by atoms with Gasteiger partial charge in [-0.15, -0.1) is 0 Å². The highest BCUT2D eigenvalue weighted by atomic mass is 16.2. The molecule has 116 valence electrons. The lowest BCUT2D eigenvalue weighted by Crippen LogP contribution is -2.61. The minimum absolute atomic E-state index is 0.0362. The van der Waals surface area contributed by atoms with E-state index >= 15 is 0 Å². The molecule has 1 saturated heterocycles. The molecule has 2 atom stereocenters. The lowest BCUT2D eigenvalue weighted by atomic mass is 10.1. The molecule has 0 spiro atoms. The van der Waals surface area contributed by atoms with E-state index in [-0.39, 0.29) is 11.8 Å². The lowest BCUT2D eigenvalue weighted by molar-refractivity contribution is -0.159. The second-order valence-electron chi connectivity index (χ2n) is 5.84. The molecule has 0 aliphatic carbocycles. The third-order valence-electron chi connectivity index (χ3n) is 4.59. The van der Waals surface area contributed by atoms with Crippen molar-refractivity contribution in [2.24, 2.45) is 7.05 Å². The summed E-state index contributed by atoms with van der Waals surface area (Å²) in [5.41, 5.74) is 1.92. The highest BCUT2D eigenvalue weighted by Gasteiger charge is 2.40. The van der Waals surface area contributed by atoms with Gasteiger partial charge in [0.15, 0.2) is 0 Å². The van der Waals surface area contributed by atoms with E-state index in [2.05, 4.69) is 4.98 Å². The highest BCUT2D eigenvalue weighted by molar-refractivity contribution is 5.96. The molecule has 0 unspecified atom stereocenters. The van der Waals surface area contributed by atoms with Crippen LogP contribution in [0.15, 0.2) is 24.3 Å². The topological polar surface area (TPSA) is 58.4 Å². The number of fused-ring (bicyclic) bond motifs is 1. The van der Waals surface area contributed by atoms with E-state index in [4.69, 9.17) is 0 Å². The van der Waals surface area contributed by atoms with Crippen molar-refractivity contribution in [3.05, 3.63) is 30.1 Å². The minimum Gasteiger partial charge on any atom is -0.332 e. The van der Waals surface area contributed by atoms with Gasteiger partial charge in [-0.1, -0.05) is 12.1 Å². The Kier molecular flexibility index (Phi) is 3.39. The Bertz CT molecular complexity index is 752. The van der Waals surface area contributed by atoms with E-state index in [0.29, 0.717) is 6.54 Å². The number of carbonyl (C=O) groups is 2. The molecule has 0 bridgehead atoms. The first-order chi connectivity index (χ1) is 10.4. The quantitative estimate of drug-likeness (QED) is 0.836. The van der Waals surface area contributed by atoms with Crippen LogP contribution in [-0.2, 0) is 23.2 Å². The van der Waals surface area contributed by atoms with Gasteiger partial charge in [-0.05, 0) is 26.0 Å². The standard InChI is InChI=1S/C16H20N4O2/c1-10-16(22)20(11(2)15(21)18(10)3)9-14-17-12-7-5-6-8-13(12)19(14)4/h5-8,10-11H,9H2,1-4H3/t10-,11-/m0/s1. The van der Waals surface area contributed by atoms with Gasteiger partial charge in [-0.3, -0.25) is 9.59 Å². The summed E-state index contributed by atoms with van der Waals surface area (Å²) in [5, 5.41) is 0. The van der Waals surface area contributed by atoms with Gasteiger partial charge in [0.1, 0.15) is 17.9 Å². The molecule has 2 aromatic rings. The number of carbonyl (C=O) groups excluding carboxylic acids is 2. The van der Waals surface area contributed by atoms with Gasteiger partial charge in [0.25, 0.3) is 0 Å². The molecule has 1 aromatic heterocycles. The Morgan fingerprint density at radius 2 is 1.73 bits per heavy atom. The van der Waals surface area contributed by atoms with Gasteiger partial charge in [-0.25, -0.2) is 4.98 Å². The average Bonchev–Trinajstić information content (AvgIpc) is 2.84. The van der Waals surface area contributed by atoms with Crippen molar-refractivity contribution in [2.45, 2.75) is 32.5 Å². The Labute approximate surface area is 129 Å². The zero-order valence-electron chi connectivity index (χ0n) is 13.3. The van der Waals surface area contributed by atoms with Crippen molar-refractivity contribution in [1.82, 2.24) is 19.4 Å². The van der Waals surface area contributed by atoms with Crippen LogP contribution in [0.25, 0.3) is 11.0 Å². The molecule has 1 aliphatic rings. The fourth-order valence-corrected chi connectivity index (χ4v) is 2.92. The summed E-state index contributed by atoms with van der Waals surface area (Å²) in [6, 6.07) is 6.94. The number of aromatic nitrogens is 2. The van der Waals surface area contributed by atoms with Crippen LogP contribution in [0.1, 0.15) is 19.7 Å². The number of likely N-dealkylation sites (N-methyl/N-ethyl adjacent to an activating group) is 1. The van der Waals surface area contributed by atoms with Crippen molar-refractivity contribution in [3.8, 4) is 0 Å². The maximum atomic E-state index is 12.5. The summed E-state index contributed by atoms with van der Waals surface area (Å²) in [7, 11) is 3.61. The fraction of sp³-hybridized carbons (Fsp3) is 0.438. The molecule has 0 radical (unpaired) electrons. The maximum absolute atomic E-state index is 12.5. The van der Waals surface area contributed by atoms with Gasteiger partial charge >= 0.3 is 0 Å². The Hall–Kier alpha value is -2.37. The van der Waals surface area contributed by atoms with Gasteiger partial charge in [0, 0.05) is 14.1 Å². The van der Waals surface area contributed by atoms with Crippen molar-refractivity contribution >= 4 is 22.8 Å². The first kappa shape index (κ1) is 14.6. The average molecular weight is 300 g/mol. The third-order valence-corrected chi connectivity index (χ3v) is 4.59. The molecular formula is C16H20N4O2. The van der Waals surface area contributed by atoms with E-state index in [9.17, 15) is 9.59 Å². The lowest BCUT2D eigenvalue weighted by Gasteiger charge is -2.40. The van der Waals surface area contributed by atoms with Crippen molar-refractivity contribution < 1.29 is 9.59 Å².